The number of fused-ring (bicyclic) bond motifs is 1. The van der Waals surface area contributed by atoms with Crippen LogP contribution in [0.2, 0.25) is 0 Å². The van der Waals surface area contributed by atoms with E-state index in [9.17, 15) is 15.3 Å². The summed E-state index contributed by atoms with van der Waals surface area (Å²) in [7, 11) is 0. The number of hydrogen-bond acceptors (Lipinski definition) is 8. The zero-order valence-electron chi connectivity index (χ0n) is 13.4. The van der Waals surface area contributed by atoms with Crippen molar-refractivity contribution in [2.45, 2.75) is 55.9 Å². The number of anilines is 1. The first-order valence-corrected chi connectivity index (χ1v) is 8.83. The summed E-state index contributed by atoms with van der Waals surface area (Å²) in [5, 5.41) is 33.5. The molecule has 0 aromatic carbocycles. The van der Waals surface area contributed by atoms with E-state index < -0.39 is 30.6 Å². The molecule has 9 nitrogen and oxygen atoms in total. The zero-order valence-corrected chi connectivity index (χ0v) is 14.1. The number of hydrogen-bond donors (Lipinski definition) is 4. The second-order valence-electron chi connectivity index (χ2n) is 6.50. The van der Waals surface area contributed by atoms with Crippen molar-refractivity contribution < 1.29 is 20.1 Å². The highest BCUT2D eigenvalue weighted by Crippen LogP contribution is 2.33. The third kappa shape index (κ3) is 2.85. The van der Waals surface area contributed by atoms with Crippen molar-refractivity contribution in [2.24, 2.45) is 0 Å². The molecule has 6 atom stereocenters. The van der Waals surface area contributed by atoms with Crippen LogP contribution in [0.15, 0.2) is 12.7 Å². The molecular formula is C15H20ClN5O4. The lowest BCUT2D eigenvalue weighted by Gasteiger charge is -2.18. The van der Waals surface area contributed by atoms with Gasteiger partial charge in [0.1, 0.15) is 24.6 Å². The van der Waals surface area contributed by atoms with Crippen LogP contribution in [0.1, 0.15) is 25.5 Å². The first-order valence-electron chi connectivity index (χ1n) is 8.30. The molecule has 0 bridgehead atoms. The van der Waals surface area contributed by atoms with Gasteiger partial charge in [-0.2, -0.15) is 0 Å². The molecule has 2 aromatic rings. The summed E-state index contributed by atoms with van der Waals surface area (Å²) in [5.41, 5.74) is 0.984. The Balaban J connectivity index is 1.65. The van der Waals surface area contributed by atoms with Crippen molar-refractivity contribution in [1.29, 1.82) is 0 Å². The Morgan fingerprint density at radius 2 is 2.04 bits per heavy atom. The molecule has 0 amide bonds. The number of nitrogens with zero attached hydrogens (tertiary/aromatic N) is 4. The summed E-state index contributed by atoms with van der Waals surface area (Å²) in [5.74, 6) is 0.597. The van der Waals surface area contributed by atoms with Gasteiger partial charge in [0.15, 0.2) is 23.2 Å². The van der Waals surface area contributed by atoms with Gasteiger partial charge in [-0.1, -0.05) is 0 Å². The monoisotopic (exact) mass is 369 g/mol. The fraction of sp³-hybridized carbons (Fsp3) is 0.667. The molecule has 136 valence electrons. The van der Waals surface area contributed by atoms with Crippen LogP contribution in [0.5, 0.6) is 0 Å². The summed E-state index contributed by atoms with van der Waals surface area (Å²) < 4.78 is 7.21. The Labute approximate surface area is 148 Å². The van der Waals surface area contributed by atoms with Crippen molar-refractivity contribution in [3.05, 3.63) is 12.7 Å². The maximum Gasteiger partial charge on any atom is 0.167 e. The molecular weight excluding hydrogens is 350 g/mol. The van der Waals surface area contributed by atoms with Crippen LogP contribution < -0.4 is 5.32 Å². The summed E-state index contributed by atoms with van der Waals surface area (Å²) in [6.07, 6.45) is 1.36. The van der Waals surface area contributed by atoms with E-state index in [1.165, 1.54) is 12.7 Å². The average molecular weight is 370 g/mol. The number of aliphatic hydroxyl groups excluding tert-OH is 3. The molecule has 1 unspecified atom stereocenters. The highest BCUT2D eigenvalue weighted by molar-refractivity contribution is 6.18. The van der Waals surface area contributed by atoms with E-state index in [0.29, 0.717) is 17.0 Å². The van der Waals surface area contributed by atoms with E-state index >= 15 is 0 Å². The van der Waals surface area contributed by atoms with Crippen molar-refractivity contribution >= 4 is 28.6 Å². The topological polar surface area (TPSA) is 126 Å². The zero-order chi connectivity index (χ0) is 17.6. The average Bonchev–Trinajstić information content (AvgIpc) is 3.29. The fourth-order valence-corrected chi connectivity index (χ4v) is 3.77. The van der Waals surface area contributed by atoms with E-state index in [1.807, 2.05) is 0 Å². The van der Waals surface area contributed by atoms with E-state index in [0.717, 1.165) is 19.3 Å². The van der Waals surface area contributed by atoms with Crippen LogP contribution in [0.4, 0.5) is 5.82 Å². The molecule has 25 heavy (non-hydrogen) atoms. The summed E-state index contributed by atoms with van der Waals surface area (Å²) >= 11 is 5.77. The number of aliphatic hydroxyl groups is 3. The van der Waals surface area contributed by atoms with Gasteiger partial charge in [0.25, 0.3) is 0 Å². The van der Waals surface area contributed by atoms with Gasteiger partial charge in [-0.05, 0) is 19.3 Å². The first-order chi connectivity index (χ1) is 12.1. The Morgan fingerprint density at radius 1 is 1.20 bits per heavy atom. The number of imidazole rings is 1. The second kappa shape index (κ2) is 6.65. The lowest BCUT2D eigenvalue weighted by Crippen LogP contribution is -2.32. The first kappa shape index (κ1) is 16.9. The van der Waals surface area contributed by atoms with Gasteiger partial charge in [-0.25, -0.2) is 15.0 Å². The maximum absolute atomic E-state index is 10.2. The Bertz CT molecular complexity index is 759. The smallest absolute Gasteiger partial charge is 0.167 e. The number of halogens is 1. The lowest BCUT2D eigenvalue weighted by atomic mass is 10.1. The minimum absolute atomic E-state index is 0.0704. The number of nitrogens with one attached hydrogen (secondary N) is 1. The van der Waals surface area contributed by atoms with Gasteiger partial charge in [0.2, 0.25) is 0 Å². The van der Waals surface area contributed by atoms with Crippen LogP contribution in [0.25, 0.3) is 11.2 Å². The molecule has 1 saturated carbocycles. The van der Waals surface area contributed by atoms with E-state index in [-0.39, 0.29) is 11.9 Å². The molecule has 2 aromatic heterocycles. The van der Waals surface area contributed by atoms with Crippen LogP contribution in [-0.4, -0.2) is 71.2 Å². The summed E-state index contributed by atoms with van der Waals surface area (Å²) in [6, 6.07) is -0.0704. The SMILES string of the molecule is O[C@@H]1[C@@H](CCl)OC(n2cnc3c(N[C@@H]4CCC[C@@H]4O)ncnc32)[C@@H]1O. The van der Waals surface area contributed by atoms with Crippen molar-refractivity contribution in [3.8, 4) is 0 Å². The fourth-order valence-electron chi connectivity index (χ4n) is 3.51. The minimum Gasteiger partial charge on any atom is -0.391 e. The van der Waals surface area contributed by atoms with Crippen LogP contribution in [-0.2, 0) is 4.74 Å². The van der Waals surface area contributed by atoms with Gasteiger partial charge < -0.3 is 25.4 Å². The molecule has 4 N–H and O–H groups in total. The van der Waals surface area contributed by atoms with E-state index in [2.05, 4.69) is 20.3 Å². The van der Waals surface area contributed by atoms with Crippen molar-refractivity contribution in [1.82, 2.24) is 19.5 Å². The molecule has 2 fully saturated rings. The van der Waals surface area contributed by atoms with E-state index in [4.69, 9.17) is 16.3 Å². The van der Waals surface area contributed by atoms with Crippen molar-refractivity contribution in [2.75, 3.05) is 11.2 Å². The Morgan fingerprint density at radius 3 is 2.72 bits per heavy atom. The number of alkyl halides is 1. The normalized spacial score (nSPS) is 35.5. The largest absolute Gasteiger partial charge is 0.391 e. The molecule has 4 rings (SSSR count). The molecule has 10 heteroatoms. The van der Waals surface area contributed by atoms with E-state index in [1.54, 1.807) is 4.57 Å². The highest BCUT2D eigenvalue weighted by atomic mass is 35.5. The molecule has 1 saturated heterocycles. The molecule has 1 aliphatic heterocycles. The maximum atomic E-state index is 10.2. The number of aromatic nitrogens is 4. The van der Waals surface area contributed by atoms with Gasteiger partial charge in [0.05, 0.1) is 24.4 Å². The standard InChI is InChI=1S/C15H20ClN5O4/c16-4-9-11(23)12(24)15(25-9)21-6-19-10-13(17-5-18-14(10)21)20-7-2-1-3-8(7)22/h5-9,11-12,15,22-24H,1-4H2,(H,17,18,20)/t7-,8+,9-,11-,12-,15?/m1/s1. The molecule has 1 aliphatic carbocycles. The summed E-state index contributed by atoms with van der Waals surface area (Å²) in [6.45, 7) is 0. The molecule has 2 aliphatic rings. The number of ether oxygens (including phenoxy) is 1. The third-order valence-corrected chi connectivity index (χ3v) is 5.23. The van der Waals surface area contributed by atoms with Gasteiger partial charge >= 0.3 is 0 Å². The Kier molecular flexibility index (Phi) is 4.50. The highest BCUT2D eigenvalue weighted by Gasteiger charge is 2.44. The molecule has 3 heterocycles. The van der Waals surface area contributed by atoms with Gasteiger partial charge in [-0.15, -0.1) is 11.6 Å². The van der Waals surface area contributed by atoms with Crippen LogP contribution in [0, 0.1) is 0 Å². The van der Waals surface area contributed by atoms with Gasteiger partial charge in [0, 0.05) is 0 Å². The number of rotatable bonds is 4. The quantitative estimate of drug-likeness (QED) is 0.555. The van der Waals surface area contributed by atoms with Crippen molar-refractivity contribution in [3.63, 3.8) is 0 Å². The molecule has 0 radical (unpaired) electrons. The third-order valence-electron chi connectivity index (χ3n) is 4.92. The van der Waals surface area contributed by atoms with Crippen LogP contribution in [0.3, 0.4) is 0 Å². The van der Waals surface area contributed by atoms with Crippen LogP contribution >= 0.6 is 11.6 Å². The molecule has 0 spiro atoms. The summed E-state index contributed by atoms with van der Waals surface area (Å²) in [4.78, 5) is 12.8. The second-order valence-corrected chi connectivity index (χ2v) is 6.80. The lowest BCUT2D eigenvalue weighted by molar-refractivity contribution is -0.0291. The predicted molar refractivity (Wildman–Crippen MR) is 89.2 cm³/mol. The predicted octanol–water partition coefficient (Wildman–Crippen LogP) is 0.00960. The minimum atomic E-state index is -1.14. The Hall–Kier alpha value is -1.52. The van der Waals surface area contributed by atoms with Gasteiger partial charge in [-0.3, -0.25) is 4.57 Å².